The van der Waals surface area contributed by atoms with Gasteiger partial charge in [-0.05, 0) is 10.8 Å². The molecule has 1 aliphatic rings. The first kappa shape index (κ1) is 11.5. The maximum absolute atomic E-state index is 4.39. The lowest BCUT2D eigenvalue weighted by molar-refractivity contribution is 0.305. The molecule has 80 valence electrons. The van der Waals surface area contributed by atoms with Crippen LogP contribution in [0, 0.1) is 16.7 Å². The van der Waals surface area contributed by atoms with Crippen molar-refractivity contribution in [1.29, 1.82) is 0 Å². The maximum atomic E-state index is 4.39. The van der Waals surface area contributed by atoms with Crippen LogP contribution in [-0.4, -0.2) is 12.8 Å². The van der Waals surface area contributed by atoms with Gasteiger partial charge in [0.25, 0.3) is 0 Å². The molecule has 1 aliphatic heterocycles. The summed E-state index contributed by atoms with van der Waals surface area (Å²) < 4.78 is 0. The molecule has 0 saturated carbocycles. The van der Waals surface area contributed by atoms with E-state index in [-0.39, 0.29) is 10.8 Å². The van der Waals surface area contributed by atoms with Gasteiger partial charge in [0.1, 0.15) is 0 Å². The van der Waals surface area contributed by atoms with Gasteiger partial charge in [0, 0.05) is 12.1 Å². The van der Waals surface area contributed by atoms with Crippen molar-refractivity contribution in [3.63, 3.8) is 0 Å². The van der Waals surface area contributed by atoms with Gasteiger partial charge >= 0.3 is 0 Å². The van der Waals surface area contributed by atoms with Crippen LogP contribution in [0.2, 0.25) is 0 Å². The summed E-state index contributed by atoms with van der Waals surface area (Å²) in [6.45, 7) is 14.6. The third-order valence-electron chi connectivity index (χ3n) is 2.81. The molecule has 0 aromatic rings. The number of hydrogen-bond acceptors (Lipinski definition) is 1. The second-order valence-electron chi connectivity index (χ2n) is 6.27. The third kappa shape index (κ3) is 2.46. The van der Waals surface area contributed by atoms with Crippen molar-refractivity contribution in [2.24, 2.45) is 21.7 Å². The predicted molar refractivity (Wildman–Crippen MR) is 63.8 cm³/mol. The van der Waals surface area contributed by atoms with Gasteiger partial charge in [-0.3, -0.25) is 4.99 Å². The van der Waals surface area contributed by atoms with Crippen LogP contribution in [0.25, 0.3) is 0 Å². The highest BCUT2D eigenvalue weighted by Crippen LogP contribution is 2.40. The molecule has 1 unspecified atom stereocenters. The molecule has 0 amide bonds. The van der Waals surface area contributed by atoms with Gasteiger partial charge in [-0.15, -0.1) is 0 Å². The van der Waals surface area contributed by atoms with Crippen molar-refractivity contribution in [3.05, 3.63) is 11.6 Å². The summed E-state index contributed by atoms with van der Waals surface area (Å²) in [7, 11) is 0. The van der Waals surface area contributed by atoms with Crippen LogP contribution in [0.5, 0.6) is 0 Å². The Hall–Kier alpha value is -0.590. The fourth-order valence-corrected chi connectivity index (χ4v) is 1.99. The Morgan fingerprint density at radius 3 is 2.07 bits per heavy atom. The van der Waals surface area contributed by atoms with Gasteiger partial charge in [0.15, 0.2) is 0 Å². The monoisotopic (exact) mass is 193 g/mol. The molecule has 1 heteroatoms. The zero-order valence-electron chi connectivity index (χ0n) is 10.4. The van der Waals surface area contributed by atoms with Crippen LogP contribution in [-0.2, 0) is 0 Å². The molecule has 0 spiro atoms. The fourth-order valence-electron chi connectivity index (χ4n) is 1.99. The minimum atomic E-state index is 0.268. The Labute approximate surface area is 88.3 Å². The molecule has 0 aromatic carbocycles. The number of rotatable bonds is 0. The highest BCUT2D eigenvalue weighted by molar-refractivity contribution is 5.68. The van der Waals surface area contributed by atoms with E-state index in [0.29, 0.717) is 5.92 Å². The van der Waals surface area contributed by atoms with Gasteiger partial charge in [-0.25, -0.2) is 0 Å². The van der Waals surface area contributed by atoms with Gasteiger partial charge in [-0.1, -0.05) is 53.2 Å². The standard InChI is InChI=1S/C13H23N/c1-12(2,3)10-7-8-14-9-11(10)13(4,5)6/h7,9,11H,8H2,1-6H3. The lowest BCUT2D eigenvalue weighted by Crippen LogP contribution is -2.31. The number of nitrogens with zero attached hydrogens (tertiary/aromatic N) is 1. The van der Waals surface area contributed by atoms with E-state index in [1.54, 1.807) is 5.57 Å². The molecule has 0 aromatic heterocycles. The van der Waals surface area contributed by atoms with Crippen LogP contribution >= 0.6 is 0 Å². The van der Waals surface area contributed by atoms with Gasteiger partial charge in [0.05, 0.1) is 6.54 Å². The lowest BCUT2D eigenvalue weighted by Gasteiger charge is -2.38. The van der Waals surface area contributed by atoms with Crippen LogP contribution in [0.3, 0.4) is 0 Å². The second kappa shape index (κ2) is 3.52. The topological polar surface area (TPSA) is 12.4 Å². The van der Waals surface area contributed by atoms with E-state index >= 15 is 0 Å². The molecule has 14 heavy (non-hydrogen) atoms. The molecule has 1 nitrogen and oxygen atoms in total. The van der Waals surface area contributed by atoms with Crippen molar-refractivity contribution in [2.45, 2.75) is 41.5 Å². The predicted octanol–water partition coefficient (Wildman–Crippen LogP) is 3.71. The Morgan fingerprint density at radius 2 is 1.71 bits per heavy atom. The van der Waals surface area contributed by atoms with Crippen molar-refractivity contribution in [2.75, 3.05) is 6.54 Å². The molecule has 0 fully saturated rings. The average molecular weight is 193 g/mol. The van der Waals surface area contributed by atoms with Crippen LogP contribution in [0.4, 0.5) is 0 Å². The Balaban J connectivity index is 2.99. The minimum absolute atomic E-state index is 0.268. The normalized spacial score (nSPS) is 23.6. The SMILES string of the molecule is CC(C)(C)C1=CCN=CC1C(C)(C)C. The first-order valence-electron chi connectivity index (χ1n) is 5.43. The molecular formula is C13H23N. The van der Waals surface area contributed by atoms with Crippen LogP contribution in [0.1, 0.15) is 41.5 Å². The molecule has 0 N–H and O–H groups in total. The fraction of sp³-hybridized carbons (Fsp3) is 0.769. The van der Waals surface area contributed by atoms with Gasteiger partial charge in [0.2, 0.25) is 0 Å². The zero-order chi connectivity index (χ0) is 11.0. The van der Waals surface area contributed by atoms with E-state index in [9.17, 15) is 0 Å². The molecule has 1 rings (SSSR count). The Kier molecular flexibility index (Phi) is 2.89. The summed E-state index contributed by atoms with van der Waals surface area (Å²) >= 11 is 0. The minimum Gasteiger partial charge on any atom is -0.293 e. The zero-order valence-corrected chi connectivity index (χ0v) is 10.4. The maximum Gasteiger partial charge on any atom is 0.0569 e. The van der Waals surface area contributed by atoms with Crippen molar-refractivity contribution >= 4 is 6.21 Å². The second-order valence-corrected chi connectivity index (χ2v) is 6.27. The summed E-state index contributed by atoms with van der Waals surface area (Å²) in [4.78, 5) is 4.39. The molecule has 1 heterocycles. The van der Waals surface area contributed by atoms with E-state index in [1.165, 1.54) is 0 Å². The number of hydrogen-bond donors (Lipinski definition) is 0. The highest BCUT2D eigenvalue weighted by atomic mass is 14.7. The van der Waals surface area contributed by atoms with E-state index in [1.807, 2.05) is 0 Å². The smallest absolute Gasteiger partial charge is 0.0569 e. The number of dihydropyridines is 1. The molecule has 0 saturated heterocycles. The lowest BCUT2D eigenvalue weighted by atomic mass is 9.68. The van der Waals surface area contributed by atoms with Crippen molar-refractivity contribution in [3.8, 4) is 0 Å². The van der Waals surface area contributed by atoms with E-state index in [2.05, 4.69) is 58.8 Å². The van der Waals surface area contributed by atoms with Crippen LogP contribution in [0.15, 0.2) is 16.6 Å². The third-order valence-corrected chi connectivity index (χ3v) is 2.81. The Bertz CT molecular complexity index is 258. The summed E-state index contributed by atoms with van der Waals surface area (Å²) in [6, 6.07) is 0. The van der Waals surface area contributed by atoms with Crippen molar-refractivity contribution < 1.29 is 0 Å². The van der Waals surface area contributed by atoms with Crippen molar-refractivity contribution in [1.82, 2.24) is 0 Å². The quantitative estimate of drug-likeness (QED) is 0.520. The van der Waals surface area contributed by atoms with E-state index in [4.69, 9.17) is 0 Å². The molecule has 0 radical (unpaired) electrons. The molecule has 0 bridgehead atoms. The summed E-state index contributed by atoms with van der Waals surface area (Å²) in [5, 5.41) is 0. The summed E-state index contributed by atoms with van der Waals surface area (Å²) in [5.74, 6) is 0.497. The van der Waals surface area contributed by atoms with E-state index in [0.717, 1.165) is 6.54 Å². The van der Waals surface area contributed by atoms with Gasteiger partial charge in [-0.2, -0.15) is 0 Å². The first-order valence-corrected chi connectivity index (χ1v) is 5.43. The van der Waals surface area contributed by atoms with E-state index < -0.39 is 0 Å². The molecule has 0 aliphatic carbocycles. The highest BCUT2D eigenvalue weighted by Gasteiger charge is 2.33. The Morgan fingerprint density at radius 1 is 1.14 bits per heavy atom. The number of allylic oxidation sites excluding steroid dienone is 1. The summed E-state index contributed by atoms with van der Waals surface area (Å²) in [5.41, 5.74) is 2.09. The largest absolute Gasteiger partial charge is 0.293 e. The molecular weight excluding hydrogens is 170 g/mol. The molecule has 1 atom stereocenters. The number of aliphatic imine (C=N–C) groups is 1. The van der Waals surface area contributed by atoms with Crippen LogP contribution < -0.4 is 0 Å². The van der Waals surface area contributed by atoms with Gasteiger partial charge < -0.3 is 0 Å². The first-order chi connectivity index (χ1) is 6.23. The average Bonchev–Trinajstić information content (AvgIpc) is 2.01. The summed E-state index contributed by atoms with van der Waals surface area (Å²) in [6.07, 6.45) is 4.44.